The Hall–Kier alpha value is -3.88. The van der Waals surface area contributed by atoms with Crippen LogP contribution in [0.1, 0.15) is 29.1 Å². The van der Waals surface area contributed by atoms with Crippen molar-refractivity contribution in [2.24, 2.45) is 5.92 Å². The van der Waals surface area contributed by atoms with Crippen molar-refractivity contribution in [1.29, 1.82) is 0 Å². The lowest BCUT2D eigenvalue weighted by Gasteiger charge is -2.32. The summed E-state index contributed by atoms with van der Waals surface area (Å²) in [5.74, 6) is 0.988. The smallest absolute Gasteiger partial charge is 0.254 e. The normalized spacial score (nSPS) is 16.5. The molecule has 3 aromatic heterocycles. The first-order chi connectivity index (χ1) is 15.2. The minimum absolute atomic E-state index is 0.127. The first-order valence-corrected chi connectivity index (χ1v) is 10.2. The van der Waals surface area contributed by atoms with Crippen LogP contribution in [0.4, 0.5) is 0 Å². The number of para-hydroxylation sites is 1. The third-order valence-electron chi connectivity index (χ3n) is 5.51. The molecule has 1 aliphatic heterocycles. The van der Waals surface area contributed by atoms with Crippen LogP contribution >= 0.6 is 0 Å². The number of carbonyl (C=O) groups excluding carboxylic acids is 1. The molecule has 4 heterocycles. The van der Waals surface area contributed by atoms with Gasteiger partial charge in [0.25, 0.3) is 5.91 Å². The first kappa shape index (κ1) is 19.1. The van der Waals surface area contributed by atoms with Crippen molar-refractivity contribution in [3.8, 4) is 11.5 Å². The summed E-state index contributed by atoms with van der Waals surface area (Å²) < 4.78 is 5.40. The molecular weight excluding hydrogens is 396 g/mol. The quantitative estimate of drug-likeness (QED) is 0.543. The van der Waals surface area contributed by atoms with Crippen molar-refractivity contribution in [3.63, 3.8) is 0 Å². The van der Waals surface area contributed by atoms with Gasteiger partial charge in [-0.3, -0.25) is 14.6 Å². The Morgan fingerprint density at radius 2 is 2.16 bits per heavy atom. The summed E-state index contributed by atoms with van der Waals surface area (Å²) in [6, 6.07) is 8.74. The van der Waals surface area contributed by atoms with Crippen LogP contribution in [0, 0.1) is 5.92 Å². The van der Waals surface area contributed by atoms with Crippen LogP contribution in [0.2, 0.25) is 0 Å². The highest BCUT2D eigenvalue weighted by atomic mass is 16.5. The zero-order valence-corrected chi connectivity index (χ0v) is 16.7. The maximum Gasteiger partial charge on any atom is 0.254 e. The Morgan fingerprint density at radius 1 is 1.26 bits per heavy atom. The summed E-state index contributed by atoms with van der Waals surface area (Å²) in [6.07, 6.45) is 7.16. The fourth-order valence-corrected chi connectivity index (χ4v) is 4.07. The molecule has 1 aromatic carbocycles. The number of nitrogens with one attached hydrogen (secondary N) is 1. The molecule has 4 aromatic rings. The van der Waals surface area contributed by atoms with Crippen LogP contribution in [0.5, 0.6) is 0 Å². The van der Waals surface area contributed by atoms with Crippen LogP contribution in [0.15, 0.2) is 58.2 Å². The summed E-state index contributed by atoms with van der Waals surface area (Å²) in [4.78, 5) is 42.5. The second-order valence-electron chi connectivity index (χ2n) is 7.66. The number of fused-ring (bicyclic) bond motifs is 1. The van der Waals surface area contributed by atoms with Crippen LogP contribution in [-0.2, 0) is 6.42 Å². The van der Waals surface area contributed by atoms with Gasteiger partial charge in [-0.05, 0) is 24.8 Å². The summed E-state index contributed by atoms with van der Waals surface area (Å²) in [5.41, 5.74) is 1.37. The molecule has 0 bridgehead atoms. The molecule has 1 amide bonds. The molecule has 31 heavy (non-hydrogen) atoms. The van der Waals surface area contributed by atoms with E-state index < -0.39 is 0 Å². The van der Waals surface area contributed by atoms with Gasteiger partial charge < -0.3 is 14.4 Å². The summed E-state index contributed by atoms with van der Waals surface area (Å²) >= 11 is 0. The van der Waals surface area contributed by atoms with Crippen LogP contribution in [0.3, 0.4) is 0 Å². The van der Waals surface area contributed by atoms with E-state index in [9.17, 15) is 9.59 Å². The maximum atomic E-state index is 13.3. The number of piperidine rings is 1. The third kappa shape index (κ3) is 3.94. The lowest BCUT2D eigenvalue weighted by molar-refractivity contribution is 0.0670. The Labute approximate surface area is 177 Å². The van der Waals surface area contributed by atoms with E-state index in [1.54, 1.807) is 24.7 Å². The van der Waals surface area contributed by atoms with Gasteiger partial charge in [0.1, 0.15) is 5.69 Å². The molecule has 9 heteroatoms. The first-order valence-electron chi connectivity index (χ1n) is 10.2. The largest absolute Gasteiger partial charge is 0.339 e. The van der Waals surface area contributed by atoms with E-state index in [1.165, 1.54) is 6.07 Å². The van der Waals surface area contributed by atoms with Crippen molar-refractivity contribution >= 4 is 16.8 Å². The van der Waals surface area contributed by atoms with Crippen LogP contribution in [-0.4, -0.2) is 49.0 Å². The fraction of sp³-hybridized carbons (Fsp3) is 0.273. The van der Waals surface area contributed by atoms with Crippen molar-refractivity contribution in [1.82, 2.24) is 30.0 Å². The van der Waals surface area contributed by atoms with Gasteiger partial charge >= 0.3 is 0 Å². The van der Waals surface area contributed by atoms with Crippen LogP contribution in [0.25, 0.3) is 22.4 Å². The number of aromatic nitrogens is 5. The number of nitrogens with zero attached hydrogens (tertiary/aromatic N) is 5. The average Bonchev–Trinajstić information content (AvgIpc) is 3.27. The molecule has 1 atom stereocenters. The van der Waals surface area contributed by atoms with E-state index >= 15 is 0 Å². The summed E-state index contributed by atoms with van der Waals surface area (Å²) in [6.45, 7) is 1.23. The Balaban J connectivity index is 1.33. The monoisotopic (exact) mass is 416 g/mol. The predicted octanol–water partition coefficient (Wildman–Crippen LogP) is 2.46. The third-order valence-corrected chi connectivity index (χ3v) is 5.51. The molecule has 1 fully saturated rings. The topological polar surface area (TPSA) is 118 Å². The Bertz CT molecular complexity index is 1280. The van der Waals surface area contributed by atoms with Gasteiger partial charge in [-0.15, -0.1) is 0 Å². The summed E-state index contributed by atoms with van der Waals surface area (Å²) in [5, 5.41) is 4.74. The van der Waals surface area contributed by atoms with Gasteiger partial charge in [0.05, 0.1) is 11.8 Å². The molecule has 156 valence electrons. The van der Waals surface area contributed by atoms with Crippen molar-refractivity contribution in [2.45, 2.75) is 19.3 Å². The van der Waals surface area contributed by atoms with Gasteiger partial charge in [0.15, 0.2) is 0 Å². The Morgan fingerprint density at radius 3 is 3.03 bits per heavy atom. The number of benzene rings is 1. The average molecular weight is 416 g/mol. The van der Waals surface area contributed by atoms with Gasteiger partial charge in [-0.1, -0.05) is 23.4 Å². The van der Waals surface area contributed by atoms with E-state index in [-0.39, 0.29) is 17.4 Å². The van der Waals surface area contributed by atoms with Crippen molar-refractivity contribution in [2.75, 3.05) is 13.1 Å². The number of carbonyl (C=O) groups is 1. The van der Waals surface area contributed by atoms with Gasteiger partial charge in [0.2, 0.25) is 17.3 Å². The molecule has 5 rings (SSSR count). The van der Waals surface area contributed by atoms with E-state index in [0.29, 0.717) is 48.0 Å². The molecule has 1 N–H and O–H groups in total. The van der Waals surface area contributed by atoms with E-state index in [4.69, 9.17) is 4.52 Å². The number of hydrogen-bond acceptors (Lipinski definition) is 7. The van der Waals surface area contributed by atoms with Gasteiger partial charge in [-0.25, -0.2) is 4.98 Å². The SMILES string of the molecule is O=C(c1cc(=O)[nH]c2ccccc12)N1CCC[C@H](Cc2nc(-c3cnccn3)no2)C1. The highest BCUT2D eigenvalue weighted by Crippen LogP contribution is 2.24. The van der Waals surface area contributed by atoms with Crippen molar-refractivity contribution < 1.29 is 9.32 Å². The number of likely N-dealkylation sites (tertiary alicyclic amines) is 1. The Kier molecular flexibility index (Phi) is 4.99. The molecule has 1 aliphatic rings. The number of H-pyrrole nitrogens is 1. The number of hydrogen-bond donors (Lipinski definition) is 1. The van der Waals surface area contributed by atoms with E-state index in [0.717, 1.165) is 18.2 Å². The fourth-order valence-electron chi connectivity index (χ4n) is 4.07. The number of rotatable bonds is 4. The van der Waals surface area contributed by atoms with E-state index in [2.05, 4.69) is 25.1 Å². The highest BCUT2D eigenvalue weighted by Gasteiger charge is 2.27. The van der Waals surface area contributed by atoms with Crippen LogP contribution < -0.4 is 5.56 Å². The lowest BCUT2D eigenvalue weighted by atomic mass is 9.94. The molecule has 0 spiro atoms. The molecule has 0 unspecified atom stereocenters. The zero-order valence-electron chi connectivity index (χ0n) is 16.7. The maximum absolute atomic E-state index is 13.3. The summed E-state index contributed by atoms with van der Waals surface area (Å²) in [7, 11) is 0. The lowest BCUT2D eigenvalue weighted by Crippen LogP contribution is -2.41. The molecule has 1 saturated heterocycles. The van der Waals surface area contributed by atoms with Crippen molar-refractivity contribution in [3.05, 3.63) is 70.7 Å². The van der Waals surface area contributed by atoms with E-state index in [1.807, 2.05) is 23.1 Å². The van der Waals surface area contributed by atoms with Gasteiger partial charge in [-0.2, -0.15) is 4.98 Å². The minimum Gasteiger partial charge on any atom is -0.339 e. The predicted molar refractivity (Wildman–Crippen MR) is 112 cm³/mol. The standard InChI is InChI=1S/C22H20N6O3/c29-19-11-16(15-5-1-2-6-17(15)25-19)22(30)28-9-3-4-14(13-28)10-20-26-21(27-31-20)18-12-23-7-8-24-18/h1-2,5-8,11-12,14H,3-4,9-10,13H2,(H,25,29)/t14-/m1/s1. The highest BCUT2D eigenvalue weighted by molar-refractivity contribution is 6.05. The second kappa shape index (κ2) is 8.10. The minimum atomic E-state index is -0.280. The molecule has 0 saturated carbocycles. The molecule has 0 aliphatic carbocycles. The number of amides is 1. The number of pyridine rings is 1. The van der Waals surface area contributed by atoms with Gasteiger partial charge in [0, 0.05) is 48.9 Å². The molecule has 9 nitrogen and oxygen atoms in total. The molecular formula is C22H20N6O3. The second-order valence-corrected chi connectivity index (χ2v) is 7.66. The number of aromatic amines is 1. The zero-order chi connectivity index (χ0) is 21.2. The molecule has 0 radical (unpaired) electrons.